The molecule has 0 aliphatic heterocycles. The van der Waals surface area contributed by atoms with Crippen molar-refractivity contribution in [3.63, 3.8) is 0 Å². The lowest BCUT2D eigenvalue weighted by Crippen LogP contribution is -2.31. The quantitative estimate of drug-likeness (QED) is 0.0688. The molecule has 63 heavy (non-hydrogen) atoms. The van der Waals surface area contributed by atoms with E-state index >= 15 is 0 Å². The number of ether oxygens (including phenoxy) is 1. The number of alkyl halides is 3. The molecule has 4 aromatic carbocycles. The maximum Gasteiger partial charge on any atom is 0.522 e. The van der Waals surface area contributed by atoms with Crippen molar-refractivity contribution in [1.29, 1.82) is 0 Å². The number of hydrogen-bond acceptors (Lipinski definition) is 9. The van der Waals surface area contributed by atoms with E-state index in [1.165, 1.54) is 54.4 Å². The summed E-state index contributed by atoms with van der Waals surface area (Å²) in [6, 6.07) is 30.2. The third-order valence-electron chi connectivity index (χ3n) is 13.9. The van der Waals surface area contributed by atoms with Crippen LogP contribution in [0.2, 0.25) is 0 Å². The van der Waals surface area contributed by atoms with Crippen molar-refractivity contribution in [1.82, 2.24) is 0 Å². The molecule has 0 unspecified atom stereocenters. The molecule has 344 valence electrons. The minimum Gasteiger partial charge on any atom is -0.289 e. The molecule has 3 saturated carbocycles. The summed E-state index contributed by atoms with van der Waals surface area (Å²) in [7, 11) is 0. The normalized spacial score (nSPS) is 23.1. The van der Waals surface area contributed by atoms with E-state index in [1.807, 2.05) is 0 Å². The third kappa shape index (κ3) is 14.3. The van der Waals surface area contributed by atoms with Crippen molar-refractivity contribution in [2.24, 2.45) is 17.8 Å². The average molecular weight is 911 g/mol. The topological polar surface area (TPSA) is 86.6 Å². The Balaban J connectivity index is 0.000000219. The van der Waals surface area contributed by atoms with Crippen LogP contribution in [-0.2, 0) is 23.5 Å². The summed E-state index contributed by atoms with van der Waals surface area (Å²) < 4.78 is 51.4. The molecule has 3 aliphatic carbocycles. The Morgan fingerprint density at radius 1 is 0.556 bits per heavy atom. The summed E-state index contributed by atoms with van der Waals surface area (Å²) in [4.78, 5) is 1.85. The van der Waals surface area contributed by atoms with Crippen molar-refractivity contribution >= 4 is 24.1 Å². The highest BCUT2D eigenvalue weighted by atomic mass is 32.2. The van der Waals surface area contributed by atoms with E-state index in [0.29, 0.717) is 48.3 Å². The lowest BCUT2D eigenvalue weighted by molar-refractivity contribution is -0.432. The van der Waals surface area contributed by atoms with Crippen LogP contribution in [0.3, 0.4) is 0 Å². The van der Waals surface area contributed by atoms with E-state index in [2.05, 4.69) is 134 Å². The number of benzene rings is 4. The van der Waals surface area contributed by atoms with E-state index in [9.17, 15) is 13.2 Å². The van der Waals surface area contributed by atoms with Crippen LogP contribution in [0.25, 0.3) is 22.3 Å². The highest BCUT2D eigenvalue weighted by Gasteiger charge is 2.37. The molecule has 0 bridgehead atoms. The Morgan fingerprint density at radius 2 is 0.952 bits per heavy atom. The van der Waals surface area contributed by atoms with Crippen LogP contribution in [-0.4, -0.2) is 23.0 Å². The molecule has 0 radical (unpaired) electrons. The fraction of sp³-hybridized carbons (Fsp3) is 0.529. The Bertz CT molecular complexity index is 1970. The van der Waals surface area contributed by atoms with Crippen LogP contribution in [0.4, 0.5) is 13.2 Å². The monoisotopic (exact) mass is 910 g/mol. The fourth-order valence-corrected chi connectivity index (χ4v) is 11.2. The lowest BCUT2D eigenvalue weighted by atomic mass is 9.69. The highest BCUT2D eigenvalue weighted by Crippen LogP contribution is 2.46. The third-order valence-corrected chi connectivity index (χ3v) is 15.2. The summed E-state index contributed by atoms with van der Waals surface area (Å²) in [5.41, 5.74) is 9.53. The first-order chi connectivity index (χ1) is 30.3. The minimum absolute atomic E-state index is 0.429. The van der Waals surface area contributed by atoms with Gasteiger partial charge in [0.2, 0.25) is 0 Å². The largest absolute Gasteiger partial charge is 0.522 e. The van der Waals surface area contributed by atoms with Crippen LogP contribution in [0.1, 0.15) is 164 Å². The number of hydrogen-bond donors (Lipinski definition) is 2. The van der Waals surface area contributed by atoms with E-state index in [-0.39, 0.29) is 0 Å². The van der Waals surface area contributed by atoms with Crippen LogP contribution < -0.4 is 0 Å². The predicted molar refractivity (Wildman–Crippen MR) is 246 cm³/mol. The second kappa shape index (κ2) is 24.0. The smallest absolute Gasteiger partial charge is 0.289 e. The first kappa shape index (κ1) is 49.5. The first-order valence-electron chi connectivity index (χ1n) is 22.9. The molecule has 0 amide bonds. The number of halogens is 3. The van der Waals surface area contributed by atoms with E-state index in [4.69, 9.17) is 19.2 Å². The standard InChI is InChI=1S/C28H35F3O4S.C23H30O3S/c1-18(2)19-3-9-23(10-4-19)26-16-13-24(17-27(26)36-35-34-32)22-7-5-20(6-8-22)21-11-14-25(15-12-21)33-28(29,30)31;1-4-17-5-7-19(8-6-17)21-13-14-22(23(15-21)27-26-25-24)20-11-9-18(10-12-20)16(2)3/h3-4,9-10,13,16-18,20-22,25,32H,5-8,11-12,14-15H2,1-2H3;9-17,19,24H,4-8H2,1-3H3. The molecule has 3 aliphatic rings. The summed E-state index contributed by atoms with van der Waals surface area (Å²) in [6.07, 6.45) is 8.17. The lowest BCUT2D eigenvalue weighted by Gasteiger charge is -2.38. The Morgan fingerprint density at radius 3 is 1.32 bits per heavy atom. The average Bonchev–Trinajstić information content (AvgIpc) is 3.30. The van der Waals surface area contributed by atoms with E-state index in [0.717, 1.165) is 101 Å². The summed E-state index contributed by atoms with van der Waals surface area (Å²) >= 11 is 2.06. The van der Waals surface area contributed by atoms with Gasteiger partial charge in [-0.1, -0.05) is 124 Å². The van der Waals surface area contributed by atoms with Gasteiger partial charge in [-0.3, -0.25) is 4.74 Å². The second-order valence-corrected chi connectivity index (χ2v) is 19.8. The minimum atomic E-state index is -4.53. The van der Waals surface area contributed by atoms with Crippen LogP contribution in [0.15, 0.2) is 94.7 Å². The molecule has 0 spiro atoms. The summed E-state index contributed by atoms with van der Waals surface area (Å²) in [5.74, 6) is 3.97. The molecular formula is C51H65F3O7S2. The van der Waals surface area contributed by atoms with Crippen molar-refractivity contribution in [2.75, 3.05) is 0 Å². The molecule has 4 aromatic rings. The Hall–Kier alpha value is -2.91. The number of rotatable bonds is 15. The van der Waals surface area contributed by atoms with Crippen molar-refractivity contribution in [2.45, 2.75) is 164 Å². The molecule has 0 heterocycles. The van der Waals surface area contributed by atoms with Gasteiger partial charge in [-0.2, -0.15) is 0 Å². The van der Waals surface area contributed by atoms with E-state index < -0.39 is 12.5 Å². The Kier molecular flexibility index (Phi) is 18.9. The van der Waals surface area contributed by atoms with Crippen molar-refractivity contribution in [3.8, 4) is 22.3 Å². The van der Waals surface area contributed by atoms with Crippen LogP contribution in [0, 0.1) is 17.8 Å². The maximum atomic E-state index is 12.5. The van der Waals surface area contributed by atoms with E-state index in [1.54, 1.807) is 0 Å². The van der Waals surface area contributed by atoms with Crippen molar-refractivity contribution < 1.29 is 47.2 Å². The summed E-state index contributed by atoms with van der Waals surface area (Å²) in [6.45, 7) is 11.0. The molecule has 7 nitrogen and oxygen atoms in total. The molecule has 2 N–H and O–H groups in total. The molecule has 0 aromatic heterocycles. The molecule has 12 heteroatoms. The highest BCUT2D eigenvalue weighted by molar-refractivity contribution is 7.95. The molecule has 7 rings (SSSR count). The van der Waals surface area contributed by atoms with Gasteiger partial charge in [0.25, 0.3) is 0 Å². The zero-order valence-electron chi connectivity index (χ0n) is 37.3. The van der Waals surface area contributed by atoms with Gasteiger partial charge in [-0.25, -0.2) is 10.5 Å². The van der Waals surface area contributed by atoms with Gasteiger partial charge < -0.3 is 0 Å². The zero-order valence-corrected chi connectivity index (χ0v) is 38.9. The van der Waals surface area contributed by atoms with Gasteiger partial charge >= 0.3 is 6.36 Å². The SMILES string of the molecule is CC(C)c1ccc(-c2ccc(C3CCC(C4CCC(OC(F)(F)F)CC4)CC3)cc2SOOO)cc1.CCC1CCC(c2ccc(-c3ccc(C(C)C)cc3)c(SOOO)c2)CC1. The fourth-order valence-electron chi connectivity index (χ4n) is 10.1. The van der Waals surface area contributed by atoms with Crippen LogP contribution >= 0.6 is 24.1 Å². The van der Waals surface area contributed by atoms with Crippen molar-refractivity contribution in [3.05, 3.63) is 107 Å². The van der Waals surface area contributed by atoms with Gasteiger partial charge in [0, 0.05) is 9.79 Å². The second-order valence-electron chi connectivity index (χ2n) is 18.4. The van der Waals surface area contributed by atoms with Gasteiger partial charge in [-0.05, 0) is 175 Å². The maximum absolute atomic E-state index is 12.5. The molecular weight excluding hydrogens is 846 g/mol. The first-order valence-corrected chi connectivity index (χ1v) is 24.4. The molecule has 3 fully saturated rings. The van der Waals surface area contributed by atoms with Gasteiger partial charge in [0.05, 0.1) is 30.2 Å². The zero-order chi connectivity index (χ0) is 44.9. The Labute approximate surface area is 380 Å². The van der Waals surface area contributed by atoms with Gasteiger partial charge in [0.1, 0.15) is 0 Å². The van der Waals surface area contributed by atoms with Crippen LogP contribution in [0.5, 0.6) is 0 Å². The molecule has 0 atom stereocenters. The van der Waals surface area contributed by atoms with Gasteiger partial charge in [-0.15, -0.1) is 21.8 Å². The molecule has 0 saturated heterocycles. The van der Waals surface area contributed by atoms with Gasteiger partial charge in [0.15, 0.2) is 0 Å². The summed E-state index contributed by atoms with van der Waals surface area (Å²) in [5, 5.41) is 25.1. The predicted octanol–water partition coefficient (Wildman–Crippen LogP) is 16.9.